The highest BCUT2D eigenvalue weighted by Gasteiger charge is 2.18. The molecule has 0 rings (SSSR count). The van der Waals surface area contributed by atoms with Crippen molar-refractivity contribution in [1.82, 2.24) is 5.09 Å². The molecule has 0 bridgehead atoms. The van der Waals surface area contributed by atoms with Crippen LogP contribution in [-0.2, 0) is 9.09 Å². The maximum absolute atomic E-state index is 11.0. The van der Waals surface area contributed by atoms with E-state index in [4.69, 9.17) is 4.89 Å². The van der Waals surface area contributed by atoms with Gasteiger partial charge in [0.15, 0.2) is 0 Å². The van der Waals surface area contributed by atoms with Crippen LogP contribution in [0.4, 0.5) is 0 Å². The molecule has 0 saturated carbocycles. The topological polar surface area (TPSA) is 58.6 Å². The van der Waals surface area contributed by atoms with Gasteiger partial charge in [-0.1, -0.05) is 25.6 Å². The minimum Gasteiger partial charge on any atom is -0.308 e. The van der Waals surface area contributed by atoms with Gasteiger partial charge < -0.3 is 4.89 Å². The monoisotopic (exact) mass is 229 g/mol. The van der Waals surface area contributed by atoms with Crippen molar-refractivity contribution in [2.75, 3.05) is 6.61 Å². The van der Waals surface area contributed by atoms with E-state index in [1.165, 1.54) is 0 Å². The Hall–Kier alpha value is 0.390. The summed E-state index contributed by atoms with van der Waals surface area (Å²) in [5.74, 6) is 0. The first-order valence-corrected chi connectivity index (χ1v) is 5.90. The van der Waals surface area contributed by atoms with Gasteiger partial charge >= 0.3 is 7.75 Å². The summed E-state index contributed by atoms with van der Waals surface area (Å²) in [4.78, 5) is 9.00. The predicted octanol–water partition coefficient (Wildman–Crippen LogP) is 1.71. The van der Waals surface area contributed by atoms with E-state index in [1.54, 1.807) is 0 Å². The highest BCUT2D eigenvalue weighted by atomic mass is 32.1. The third-order valence-corrected chi connectivity index (χ3v) is 2.58. The van der Waals surface area contributed by atoms with Crippen LogP contribution in [0.5, 0.6) is 0 Å². The first kappa shape index (κ1) is 12.4. The van der Waals surface area contributed by atoms with Gasteiger partial charge in [-0.2, -0.15) is 0 Å². The molecule has 0 aliphatic carbocycles. The number of unbranched alkanes of at least 4 members (excludes halogenated alkanes) is 1. The second kappa shape index (κ2) is 5.94. The number of thiocarbonyl (C=S) groups is 1. The van der Waals surface area contributed by atoms with Crippen LogP contribution in [0.15, 0.2) is 0 Å². The summed E-state index contributed by atoms with van der Waals surface area (Å²) in [6, 6.07) is 0. The third-order valence-electron chi connectivity index (χ3n) is 1.00. The van der Waals surface area contributed by atoms with E-state index in [2.05, 4.69) is 34.5 Å². The number of hydrogen-bond donors (Lipinski definition) is 3. The van der Waals surface area contributed by atoms with Crippen LogP contribution in [0.2, 0.25) is 0 Å². The molecule has 0 aromatic heterocycles. The van der Waals surface area contributed by atoms with E-state index < -0.39 is 7.75 Å². The van der Waals surface area contributed by atoms with Crippen molar-refractivity contribution in [2.45, 2.75) is 19.8 Å². The molecule has 0 aromatic carbocycles. The lowest BCUT2D eigenvalue weighted by molar-refractivity contribution is 0.251. The fraction of sp³-hybridized carbons (Fsp3) is 0.800. The summed E-state index contributed by atoms with van der Waals surface area (Å²) in [5.41, 5.74) is 0. The summed E-state index contributed by atoms with van der Waals surface area (Å²) in [5, 5.41) is 2.06. The summed E-state index contributed by atoms with van der Waals surface area (Å²) in [6.07, 6.45) is 1.65. The van der Waals surface area contributed by atoms with Gasteiger partial charge in [0, 0.05) is 0 Å². The van der Waals surface area contributed by atoms with Crippen LogP contribution < -0.4 is 5.09 Å². The first-order chi connectivity index (χ1) is 5.48. The SMILES string of the molecule is CCCCOP(=O)(O)NC(=S)S. The number of nitrogens with one attached hydrogen (secondary N) is 1. The van der Waals surface area contributed by atoms with Gasteiger partial charge in [-0.15, -0.1) is 12.6 Å². The summed E-state index contributed by atoms with van der Waals surface area (Å²) in [6.45, 7) is 2.20. The van der Waals surface area contributed by atoms with E-state index in [0.717, 1.165) is 12.8 Å². The number of thiol groups is 1. The van der Waals surface area contributed by atoms with Crippen molar-refractivity contribution in [2.24, 2.45) is 0 Å². The molecule has 4 nitrogen and oxygen atoms in total. The highest BCUT2D eigenvalue weighted by molar-refractivity contribution is 8.11. The zero-order chi connectivity index (χ0) is 9.61. The molecule has 0 amide bonds. The van der Waals surface area contributed by atoms with Crippen LogP contribution in [0, 0.1) is 0 Å². The Morgan fingerprint density at radius 3 is 2.83 bits per heavy atom. The standard InChI is InChI=1S/C5H12NO3PS2/c1-2-3-4-9-10(7,8)6-5(11)12/h2-4H2,1H3,(H3,6,7,8,11,12). The van der Waals surface area contributed by atoms with Gasteiger partial charge in [0.2, 0.25) is 0 Å². The average Bonchev–Trinajstić information content (AvgIpc) is 1.84. The Morgan fingerprint density at radius 2 is 2.42 bits per heavy atom. The maximum Gasteiger partial charge on any atom is 0.431 e. The number of hydrogen-bond acceptors (Lipinski definition) is 3. The minimum absolute atomic E-state index is 0.0441. The molecule has 7 heteroatoms. The largest absolute Gasteiger partial charge is 0.431 e. The van der Waals surface area contributed by atoms with Crippen LogP contribution in [0.3, 0.4) is 0 Å². The minimum atomic E-state index is -3.75. The lowest BCUT2D eigenvalue weighted by atomic mass is 10.4. The molecule has 0 spiro atoms. The fourth-order valence-corrected chi connectivity index (χ4v) is 1.89. The Bertz CT molecular complexity index is 199. The molecule has 72 valence electrons. The van der Waals surface area contributed by atoms with Crippen LogP contribution in [-0.4, -0.2) is 15.8 Å². The van der Waals surface area contributed by atoms with Crippen molar-refractivity contribution >= 4 is 36.9 Å². The lowest BCUT2D eigenvalue weighted by Crippen LogP contribution is -2.14. The molecular weight excluding hydrogens is 217 g/mol. The van der Waals surface area contributed by atoms with Gasteiger partial charge in [-0.3, -0.25) is 9.61 Å². The van der Waals surface area contributed by atoms with E-state index in [1.807, 2.05) is 6.92 Å². The van der Waals surface area contributed by atoms with Gasteiger partial charge in [-0.05, 0) is 6.42 Å². The van der Waals surface area contributed by atoms with E-state index in [-0.39, 0.29) is 10.9 Å². The Labute approximate surface area is 82.7 Å². The zero-order valence-corrected chi connectivity index (χ0v) is 9.29. The Morgan fingerprint density at radius 1 is 1.83 bits per heavy atom. The fourth-order valence-electron chi connectivity index (χ4n) is 0.486. The number of rotatable bonds is 5. The zero-order valence-electron chi connectivity index (χ0n) is 6.69. The third kappa shape index (κ3) is 7.06. The molecular formula is C5H12NO3PS2. The average molecular weight is 229 g/mol. The molecule has 0 radical (unpaired) electrons. The van der Waals surface area contributed by atoms with Gasteiger partial charge in [0.1, 0.15) is 4.32 Å². The molecule has 1 unspecified atom stereocenters. The summed E-state index contributed by atoms with van der Waals surface area (Å²) < 4.78 is 15.6. The lowest BCUT2D eigenvalue weighted by Gasteiger charge is -2.11. The molecule has 0 aliphatic rings. The molecule has 0 saturated heterocycles. The molecule has 2 N–H and O–H groups in total. The van der Waals surface area contributed by atoms with Crippen LogP contribution >= 0.6 is 32.6 Å². The molecule has 0 heterocycles. The van der Waals surface area contributed by atoms with Crippen LogP contribution in [0.25, 0.3) is 0 Å². The summed E-state index contributed by atoms with van der Waals surface area (Å²) >= 11 is 8.11. The van der Waals surface area contributed by atoms with Crippen LogP contribution in [0.1, 0.15) is 19.8 Å². The van der Waals surface area contributed by atoms with E-state index in [0.29, 0.717) is 0 Å². The summed E-state index contributed by atoms with van der Waals surface area (Å²) in [7, 11) is -3.75. The quantitative estimate of drug-likeness (QED) is 0.290. The van der Waals surface area contributed by atoms with E-state index in [9.17, 15) is 4.57 Å². The van der Waals surface area contributed by atoms with Gasteiger partial charge in [0.25, 0.3) is 0 Å². The molecule has 0 fully saturated rings. The van der Waals surface area contributed by atoms with E-state index >= 15 is 0 Å². The highest BCUT2D eigenvalue weighted by Crippen LogP contribution is 2.36. The molecule has 12 heavy (non-hydrogen) atoms. The Kier molecular flexibility index (Phi) is 6.13. The second-order valence-corrected chi connectivity index (χ2v) is 4.80. The predicted molar refractivity (Wildman–Crippen MR) is 55.4 cm³/mol. The van der Waals surface area contributed by atoms with Crippen molar-refractivity contribution in [1.29, 1.82) is 0 Å². The van der Waals surface area contributed by atoms with Crippen molar-refractivity contribution in [3.8, 4) is 0 Å². The molecule has 0 aliphatic heterocycles. The van der Waals surface area contributed by atoms with Crippen molar-refractivity contribution in [3.63, 3.8) is 0 Å². The molecule has 1 atom stereocenters. The van der Waals surface area contributed by atoms with Crippen molar-refractivity contribution < 1.29 is 14.0 Å². The van der Waals surface area contributed by atoms with Crippen molar-refractivity contribution in [3.05, 3.63) is 0 Å². The smallest absolute Gasteiger partial charge is 0.308 e. The van der Waals surface area contributed by atoms with Gasteiger partial charge in [-0.25, -0.2) is 4.57 Å². The Balaban J connectivity index is 3.72. The second-order valence-electron chi connectivity index (χ2n) is 2.12. The maximum atomic E-state index is 11.0. The normalized spacial score (nSPS) is 15.2. The first-order valence-electron chi connectivity index (χ1n) is 3.46. The molecule has 0 aromatic rings. The van der Waals surface area contributed by atoms with Gasteiger partial charge in [0.05, 0.1) is 6.61 Å².